The molecule has 106 valence electrons. The number of nitrogen functional groups attached to an aromatic ring is 1. The number of anilines is 1. The van der Waals surface area contributed by atoms with Crippen molar-refractivity contribution in [3.8, 4) is 11.6 Å². The van der Waals surface area contributed by atoms with Gasteiger partial charge in [-0.25, -0.2) is 10.8 Å². The molecular formula is C14H10Cl2N4O. The zero-order valence-corrected chi connectivity index (χ0v) is 12.2. The summed E-state index contributed by atoms with van der Waals surface area (Å²) in [5, 5.41) is 1.70. The van der Waals surface area contributed by atoms with E-state index in [1.165, 1.54) is 0 Å². The van der Waals surface area contributed by atoms with Crippen molar-refractivity contribution in [3.63, 3.8) is 0 Å². The summed E-state index contributed by atoms with van der Waals surface area (Å²) in [5.41, 5.74) is 3.11. The Balaban J connectivity index is 2.13. The van der Waals surface area contributed by atoms with Gasteiger partial charge < -0.3 is 4.74 Å². The fraction of sp³-hybridized carbons (Fsp3) is 0. The number of nitrogens with one attached hydrogen (secondary N) is 1. The molecule has 0 unspecified atom stereocenters. The normalized spacial score (nSPS) is 10.6. The fourth-order valence-electron chi connectivity index (χ4n) is 1.85. The highest BCUT2D eigenvalue weighted by Crippen LogP contribution is 2.34. The lowest BCUT2D eigenvalue weighted by atomic mass is 10.2. The fourth-order valence-corrected chi connectivity index (χ4v) is 2.17. The van der Waals surface area contributed by atoms with Crippen molar-refractivity contribution in [2.24, 2.45) is 5.84 Å². The Morgan fingerprint density at radius 3 is 2.67 bits per heavy atom. The number of ether oxygens (including phenoxy) is 1. The number of nitrogens with two attached hydrogens (primary N) is 1. The van der Waals surface area contributed by atoms with E-state index in [1.54, 1.807) is 18.2 Å². The number of rotatable bonds is 3. The highest BCUT2D eigenvalue weighted by molar-refractivity contribution is 6.34. The topological polar surface area (TPSA) is 73.1 Å². The Labute approximate surface area is 130 Å². The van der Waals surface area contributed by atoms with Gasteiger partial charge in [0.05, 0.1) is 15.9 Å². The van der Waals surface area contributed by atoms with E-state index in [4.69, 9.17) is 33.8 Å². The second-order valence-electron chi connectivity index (χ2n) is 4.19. The second kappa shape index (κ2) is 5.73. The van der Waals surface area contributed by atoms with Crippen LogP contribution in [0.1, 0.15) is 0 Å². The summed E-state index contributed by atoms with van der Waals surface area (Å²) in [6.45, 7) is 0. The SMILES string of the molecule is NNc1nc(Oc2cc(Cl)ccc2Cl)c2ccccc2n1. The average molecular weight is 321 g/mol. The molecule has 3 N–H and O–H groups in total. The van der Waals surface area contributed by atoms with Crippen LogP contribution in [0.25, 0.3) is 10.9 Å². The Kier molecular flexibility index (Phi) is 3.79. The van der Waals surface area contributed by atoms with Crippen LogP contribution in [-0.4, -0.2) is 9.97 Å². The molecule has 0 aliphatic rings. The number of hydrazine groups is 1. The van der Waals surface area contributed by atoms with Crippen LogP contribution in [0.5, 0.6) is 11.6 Å². The highest BCUT2D eigenvalue weighted by Gasteiger charge is 2.11. The zero-order chi connectivity index (χ0) is 14.8. The van der Waals surface area contributed by atoms with Crippen molar-refractivity contribution < 1.29 is 4.74 Å². The number of hydrogen-bond acceptors (Lipinski definition) is 5. The van der Waals surface area contributed by atoms with Crippen LogP contribution < -0.4 is 16.0 Å². The van der Waals surface area contributed by atoms with Crippen LogP contribution >= 0.6 is 23.2 Å². The monoisotopic (exact) mass is 320 g/mol. The van der Waals surface area contributed by atoms with Crippen LogP contribution in [-0.2, 0) is 0 Å². The van der Waals surface area contributed by atoms with Gasteiger partial charge in [0, 0.05) is 11.1 Å². The quantitative estimate of drug-likeness (QED) is 0.563. The van der Waals surface area contributed by atoms with E-state index < -0.39 is 0 Å². The predicted octanol–water partition coefficient (Wildman–Crippen LogP) is 4.01. The van der Waals surface area contributed by atoms with Crippen LogP contribution in [0.3, 0.4) is 0 Å². The molecule has 0 radical (unpaired) electrons. The maximum atomic E-state index is 6.10. The lowest BCUT2D eigenvalue weighted by Crippen LogP contribution is -2.11. The van der Waals surface area contributed by atoms with Gasteiger partial charge in [0.25, 0.3) is 0 Å². The standard InChI is InChI=1S/C14H10Cl2N4O/c15-8-5-6-10(16)12(7-8)21-13-9-3-1-2-4-11(9)18-14(19-13)20-17/h1-7H,17H2,(H,18,19,20). The van der Waals surface area contributed by atoms with E-state index in [9.17, 15) is 0 Å². The number of nitrogens with zero attached hydrogens (tertiary/aromatic N) is 2. The van der Waals surface area contributed by atoms with Crippen LogP contribution in [0, 0.1) is 0 Å². The second-order valence-corrected chi connectivity index (χ2v) is 5.03. The molecule has 0 saturated heterocycles. The molecule has 5 nitrogen and oxygen atoms in total. The minimum Gasteiger partial charge on any atom is -0.437 e. The summed E-state index contributed by atoms with van der Waals surface area (Å²) >= 11 is 12.1. The number of aromatic nitrogens is 2. The van der Waals surface area contributed by atoms with E-state index in [-0.39, 0.29) is 5.95 Å². The lowest BCUT2D eigenvalue weighted by molar-refractivity contribution is 0.469. The van der Waals surface area contributed by atoms with Crippen molar-refractivity contribution >= 4 is 40.1 Å². The van der Waals surface area contributed by atoms with Crippen LogP contribution in [0.15, 0.2) is 42.5 Å². The third-order valence-electron chi connectivity index (χ3n) is 2.80. The van der Waals surface area contributed by atoms with Gasteiger partial charge in [-0.3, -0.25) is 5.43 Å². The molecule has 0 atom stereocenters. The first-order valence-electron chi connectivity index (χ1n) is 6.03. The molecule has 3 aromatic rings. The molecule has 0 saturated carbocycles. The van der Waals surface area contributed by atoms with Gasteiger partial charge in [-0.2, -0.15) is 4.98 Å². The summed E-state index contributed by atoms with van der Waals surface area (Å²) < 4.78 is 5.78. The van der Waals surface area contributed by atoms with Gasteiger partial charge in [0.15, 0.2) is 0 Å². The number of para-hydroxylation sites is 1. The Bertz CT molecular complexity index is 810. The molecule has 0 spiro atoms. The molecule has 0 aliphatic carbocycles. The molecule has 1 heterocycles. The van der Waals surface area contributed by atoms with Gasteiger partial charge in [-0.15, -0.1) is 0 Å². The predicted molar refractivity (Wildman–Crippen MR) is 83.9 cm³/mol. The Morgan fingerprint density at radius 1 is 1.05 bits per heavy atom. The number of halogens is 2. The van der Waals surface area contributed by atoms with E-state index in [1.807, 2.05) is 24.3 Å². The summed E-state index contributed by atoms with van der Waals surface area (Å²) in [4.78, 5) is 8.46. The van der Waals surface area contributed by atoms with Crippen molar-refractivity contribution in [1.82, 2.24) is 9.97 Å². The molecule has 0 amide bonds. The third-order valence-corrected chi connectivity index (χ3v) is 3.34. The lowest BCUT2D eigenvalue weighted by Gasteiger charge is -2.10. The van der Waals surface area contributed by atoms with E-state index in [0.717, 1.165) is 5.39 Å². The van der Waals surface area contributed by atoms with E-state index in [0.29, 0.717) is 27.2 Å². The molecule has 2 aromatic carbocycles. The molecule has 21 heavy (non-hydrogen) atoms. The van der Waals surface area contributed by atoms with Crippen molar-refractivity contribution in [2.75, 3.05) is 5.43 Å². The minimum absolute atomic E-state index is 0.252. The maximum Gasteiger partial charge on any atom is 0.241 e. The van der Waals surface area contributed by atoms with Crippen LogP contribution in [0.4, 0.5) is 5.95 Å². The number of hydrogen-bond donors (Lipinski definition) is 2. The Morgan fingerprint density at radius 2 is 1.86 bits per heavy atom. The first-order valence-corrected chi connectivity index (χ1v) is 6.79. The van der Waals surface area contributed by atoms with Crippen molar-refractivity contribution in [2.45, 2.75) is 0 Å². The van der Waals surface area contributed by atoms with Gasteiger partial charge in [-0.1, -0.05) is 35.3 Å². The van der Waals surface area contributed by atoms with Gasteiger partial charge in [0.1, 0.15) is 5.75 Å². The molecule has 3 rings (SSSR count). The Hall–Kier alpha value is -2.08. The molecule has 1 aromatic heterocycles. The molecule has 0 fully saturated rings. The smallest absolute Gasteiger partial charge is 0.241 e. The number of fused-ring (bicyclic) bond motifs is 1. The summed E-state index contributed by atoms with van der Waals surface area (Å²) in [6, 6.07) is 12.4. The largest absolute Gasteiger partial charge is 0.437 e. The van der Waals surface area contributed by atoms with Crippen molar-refractivity contribution in [1.29, 1.82) is 0 Å². The summed E-state index contributed by atoms with van der Waals surface area (Å²) in [5.74, 6) is 6.39. The highest BCUT2D eigenvalue weighted by atomic mass is 35.5. The molecule has 0 bridgehead atoms. The van der Waals surface area contributed by atoms with E-state index >= 15 is 0 Å². The van der Waals surface area contributed by atoms with E-state index in [2.05, 4.69) is 15.4 Å². The number of benzene rings is 2. The first-order chi connectivity index (χ1) is 10.2. The molecule has 7 heteroatoms. The third kappa shape index (κ3) is 2.85. The minimum atomic E-state index is 0.252. The average Bonchev–Trinajstić information content (AvgIpc) is 2.50. The van der Waals surface area contributed by atoms with Crippen LogP contribution in [0.2, 0.25) is 10.0 Å². The van der Waals surface area contributed by atoms with Gasteiger partial charge in [0.2, 0.25) is 11.8 Å². The summed E-state index contributed by atoms with van der Waals surface area (Å²) in [6.07, 6.45) is 0. The maximum absolute atomic E-state index is 6.10. The molecular weight excluding hydrogens is 311 g/mol. The summed E-state index contributed by atoms with van der Waals surface area (Å²) in [7, 11) is 0. The molecule has 0 aliphatic heterocycles. The van der Waals surface area contributed by atoms with Crippen molar-refractivity contribution in [3.05, 3.63) is 52.5 Å². The zero-order valence-electron chi connectivity index (χ0n) is 10.7. The van der Waals surface area contributed by atoms with Gasteiger partial charge in [-0.05, 0) is 24.3 Å². The first kappa shape index (κ1) is 13.9. The van der Waals surface area contributed by atoms with Gasteiger partial charge >= 0.3 is 0 Å².